The molecule has 0 atom stereocenters. The molecule has 3 nitrogen and oxygen atoms in total. The Hall–Kier alpha value is -0.570. The Bertz CT molecular complexity index is 104. The maximum absolute atomic E-state index is 8.36. The van der Waals surface area contributed by atoms with Crippen molar-refractivity contribution >= 4 is 6.47 Å². The SMILES string of the molecule is CC.CCNC(CC)(CC)CC.O=CO. The molecule has 0 saturated heterocycles. The second kappa shape index (κ2) is 15.9. The lowest BCUT2D eigenvalue weighted by Gasteiger charge is -2.31. The zero-order valence-corrected chi connectivity index (χ0v) is 11.3. The van der Waals surface area contributed by atoms with Crippen molar-refractivity contribution in [2.45, 2.75) is 66.3 Å². The first kappa shape index (κ1) is 19.9. The number of carbonyl (C=O) groups is 1. The third kappa shape index (κ3) is 11.4. The largest absolute Gasteiger partial charge is 0.483 e. The molecule has 0 unspecified atom stereocenters. The first-order chi connectivity index (χ1) is 7.16. The standard InChI is InChI=1S/C9H21N.C2H6.CH2O2/c1-5-9(6-2,7-3)10-8-4;1-2;2-1-3/h10H,5-8H2,1-4H3;1-2H3;1H,(H,2,3). The molecule has 0 aliphatic carbocycles. The molecule has 0 saturated carbocycles. The number of hydrogen-bond acceptors (Lipinski definition) is 2. The van der Waals surface area contributed by atoms with Gasteiger partial charge in [-0.1, -0.05) is 41.5 Å². The monoisotopic (exact) mass is 219 g/mol. The van der Waals surface area contributed by atoms with Gasteiger partial charge < -0.3 is 10.4 Å². The van der Waals surface area contributed by atoms with E-state index < -0.39 is 0 Å². The fourth-order valence-electron chi connectivity index (χ4n) is 1.50. The minimum atomic E-state index is -0.250. The molecule has 0 rings (SSSR count). The van der Waals surface area contributed by atoms with Crippen molar-refractivity contribution in [3.8, 4) is 0 Å². The van der Waals surface area contributed by atoms with Crippen LogP contribution in [0, 0.1) is 0 Å². The highest BCUT2D eigenvalue weighted by Gasteiger charge is 2.21. The van der Waals surface area contributed by atoms with E-state index >= 15 is 0 Å². The zero-order valence-electron chi connectivity index (χ0n) is 11.3. The number of carboxylic acid groups (broad SMARTS) is 1. The molecule has 94 valence electrons. The average molecular weight is 219 g/mol. The normalized spacial score (nSPS) is 9.20. The summed E-state index contributed by atoms with van der Waals surface area (Å²) in [6, 6.07) is 0. The zero-order chi connectivity index (χ0) is 12.7. The molecule has 3 heteroatoms. The van der Waals surface area contributed by atoms with Crippen LogP contribution in [0.2, 0.25) is 0 Å². The van der Waals surface area contributed by atoms with Crippen LogP contribution in [0.25, 0.3) is 0 Å². The predicted octanol–water partition coefficient (Wildman–Crippen LogP) is 3.29. The summed E-state index contributed by atoms with van der Waals surface area (Å²) in [4.78, 5) is 8.36. The van der Waals surface area contributed by atoms with Crippen LogP contribution in [-0.2, 0) is 4.79 Å². The number of hydrogen-bond donors (Lipinski definition) is 2. The number of nitrogens with one attached hydrogen (secondary N) is 1. The third-order valence-corrected chi connectivity index (χ3v) is 2.58. The Kier molecular flexibility index (Phi) is 21.1. The van der Waals surface area contributed by atoms with Gasteiger partial charge in [-0.25, -0.2) is 0 Å². The Morgan fingerprint density at radius 2 is 1.33 bits per heavy atom. The van der Waals surface area contributed by atoms with Crippen molar-refractivity contribution in [2.75, 3.05) is 6.54 Å². The second-order valence-electron chi connectivity index (χ2n) is 2.98. The molecule has 0 aromatic carbocycles. The molecule has 0 aliphatic heterocycles. The minimum absolute atomic E-state index is 0.250. The lowest BCUT2D eigenvalue weighted by molar-refractivity contribution is -0.122. The van der Waals surface area contributed by atoms with Gasteiger partial charge in [-0.2, -0.15) is 0 Å². The van der Waals surface area contributed by atoms with E-state index in [1.54, 1.807) is 0 Å². The van der Waals surface area contributed by atoms with E-state index in [-0.39, 0.29) is 6.47 Å². The van der Waals surface area contributed by atoms with Gasteiger partial charge in [0.2, 0.25) is 0 Å². The molecule has 0 heterocycles. The van der Waals surface area contributed by atoms with Gasteiger partial charge in [0.25, 0.3) is 6.47 Å². The van der Waals surface area contributed by atoms with Crippen LogP contribution >= 0.6 is 0 Å². The Morgan fingerprint density at radius 1 is 1.07 bits per heavy atom. The van der Waals surface area contributed by atoms with E-state index in [1.165, 1.54) is 19.3 Å². The van der Waals surface area contributed by atoms with Crippen molar-refractivity contribution in [1.82, 2.24) is 5.32 Å². The van der Waals surface area contributed by atoms with E-state index in [0.717, 1.165) is 6.54 Å². The average Bonchev–Trinajstić information content (AvgIpc) is 2.30. The highest BCUT2D eigenvalue weighted by atomic mass is 16.3. The van der Waals surface area contributed by atoms with Gasteiger partial charge in [-0.15, -0.1) is 0 Å². The molecule has 0 radical (unpaired) electrons. The van der Waals surface area contributed by atoms with Crippen molar-refractivity contribution < 1.29 is 9.90 Å². The molecule has 0 bridgehead atoms. The van der Waals surface area contributed by atoms with Crippen LogP contribution in [0.4, 0.5) is 0 Å². The van der Waals surface area contributed by atoms with E-state index in [9.17, 15) is 0 Å². The summed E-state index contributed by atoms with van der Waals surface area (Å²) in [5, 5.41) is 10.4. The fraction of sp³-hybridized carbons (Fsp3) is 0.917. The quantitative estimate of drug-likeness (QED) is 0.698. The van der Waals surface area contributed by atoms with Crippen molar-refractivity contribution in [2.24, 2.45) is 0 Å². The highest BCUT2D eigenvalue weighted by Crippen LogP contribution is 2.18. The summed E-state index contributed by atoms with van der Waals surface area (Å²) < 4.78 is 0. The summed E-state index contributed by atoms with van der Waals surface area (Å²) in [5.41, 5.74) is 0.425. The van der Waals surface area contributed by atoms with Gasteiger partial charge in [-0.05, 0) is 25.8 Å². The topological polar surface area (TPSA) is 49.3 Å². The Labute approximate surface area is 95.3 Å². The molecule has 0 amide bonds. The predicted molar refractivity (Wildman–Crippen MR) is 67.3 cm³/mol. The summed E-state index contributed by atoms with van der Waals surface area (Å²) in [5.74, 6) is 0. The number of rotatable bonds is 5. The van der Waals surface area contributed by atoms with Gasteiger partial charge in [-0.3, -0.25) is 4.79 Å². The third-order valence-electron chi connectivity index (χ3n) is 2.58. The maximum Gasteiger partial charge on any atom is 0.290 e. The summed E-state index contributed by atoms with van der Waals surface area (Å²) in [7, 11) is 0. The van der Waals surface area contributed by atoms with Crippen LogP contribution in [0.3, 0.4) is 0 Å². The van der Waals surface area contributed by atoms with Gasteiger partial charge >= 0.3 is 0 Å². The summed E-state index contributed by atoms with van der Waals surface area (Å²) in [6.45, 7) is 13.8. The first-order valence-electron chi connectivity index (χ1n) is 5.99. The van der Waals surface area contributed by atoms with Crippen molar-refractivity contribution in [1.29, 1.82) is 0 Å². The molecular formula is C12H29NO2. The van der Waals surface area contributed by atoms with E-state index in [0.29, 0.717) is 5.54 Å². The Morgan fingerprint density at radius 3 is 1.40 bits per heavy atom. The molecule has 0 aliphatic rings. The van der Waals surface area contributed by atoms with Gasteiger partial charge in [0, 0.05) is 5.54 Å². The fourth-order valence-corrected chi connectivity index (χ4v) is 1.50. The molecule has 2 N–H and O–H groups in total. The molecular weight excluding hydrogens is 190 g/mol. The van der Waals surface area contributed by atoms with Crippen LogP contribution in [-0.4, -0.2) is 23.7 Å². The van der Waals surface area contributed by atoms with Gasteiger partial charge in [0.15, 0.2) is 0 Å². The van der Waals surface area contributed by atoms with E-state index in [1.807, 2.05) is 13.8 Å². The van der Waals surface area contributed by atoms with Crippen molar-refractivity contribution in [3.63, 3.8) is 0 Å². The van der Waals surface area contributed by atoms with Gasteiger partial charge in [0.05, 0.1) is 0 Å². The second-order valence-corrected chi connectivity index (χ2v) is 2.98. The van der Waals surface area contributed by atoms with Gasteiger partial charge in [0.1, 0.15) is 0 Å². The molecule has 0 fully saturated rings. The van der Waals surface area contributed by atoms with E-state index in [2.05, 4.69) is 33.0 Å². The van der Waals surface area contributed by atoms with E-state index in [4.69, 9.17) is 9.90 Å². The first-order valence-corrected chi connectivity index (χ1v) is 5.99. The lowest BCUT2D eigenvalue weighted by Crippen LogP contribution is -2.43. The summed E-state index contributed by atoms with van der Waals surface area (Å²) in [6.07, 6.45) is 3.73. The Balaban J connectivity index is -0.000000245. The summed E-state index contributed by atoms with van der Waals surface area (Å²) >= 11 is 0. The van der Waals surface area contributed by atoms with Crippen LogP contribution in [0.15, 0.2) is 0 Å². The van der Waals surface area contributed by atoms with Crippen LogP contribution < -0.4 is 5.32 Å². The van der Waals surface area contributed by atoms with Crippen LogP contribution in [0.5, 0.6) is 0 Å². The maximum atomic E-state index is 8.36. The minimum Gasteiger partial charge on any atom is -0.483 e. The lowest BCUT2D eigenvalue weighted by atomic mass is 9.90. The molecule has 0 spiro atoms. The highest BCUT2D eigenvalue weighted by molar-refractivity contribution is 5.32. The molecule has 0 aromatic heterocycles. The van der Waals surface area contributed by atoms with Crippen LogP contribution in [0.1, 0.15) is 60.8 Å². The van der Waals surface area contributed by atoms with Crippen molar-refractivity contribution in [3.05, 3.63) is 0 Å². The molecule has 15 heavy (non-hydrogen) atoms. The smallest absolute Gasteiger partial charge is 0.290 e. The molecule has 0 aromatic rings.